The largest absolute Gasteiger partial charge is 0.319 e. The van der Waals surface area contributed by atoms with Gasteiger partial charge in [-0.1, -0.05) is 12.8 Å². The molecule has 0 spiro atoms. The van der Waals surface area contributed by atoms with Crippen LogP contribution >= 0.6 is 27.3 Å². The van der Waals surface area contributed by atoms with E-state index in [9.17, 15) is 0 Å². The van der Waals surface area contributed by atoms with Crippen LogP contribution in [0.4, 0.5) is 0 Å². The van der Waals surface area contributed by atoms with Crippen LogP contribution in [0.25, 0.3) is 0 Å². The number of nitrogens with zero attached hydrogens (tertiary/aromatic N) is 1. The van der Waals surface area contributed by atoms with Crippen molar-refractivity contribution in [3.05, 3.63) is 14.5 Å². The molecule has 0 radical (unpaired) electrons. The Morgan fingerprint density at radius 1 is 1.47 bits per heavy atom. The second-order valence-electron chi connectivity index (χ2n) is 4.11. The van der Waals surface area contributed by atoms with Crippen molar-refractivity contribution < 1.29 is 0 Å². The van der Waals surface area contributed by atoms with E-state index >= 15 is 0 Å². The van der Waals surface area contributed by atoms with Gasteiger partial charge in [0.05, 0.1) is 14.5 Å². The fourth-order valence-electron chi connectivity index (χ4n) is 2.10. The Hall–Kier alpha value is 0.0700. The lowest BCUT2D eigenvalue weighted by molar-refractivity contribution is 0.706. The van der Waals surface area contributed by atoms with Gasteiger partial charge in [-0.05, 0) is 35.8 Å². The summed E-state index contributed by atoms with van der Waals surface area (Å²) in [4.78, 5) is 4.76. The monoisotopic (exact) mass is 288 g/mol. The second kappa shape index (κ2) is 5.41. The van der Waals surface area contributed by atoms with E-state index in [-0.39, 0.29) is 0 Å². The quantitative estimate of drug-likeness (QED) is 0.919. The maximum absolute atomic E-state index is 4.76. The lowest BCUT2D eigenvalue weighted by Crippen LogP contribution is -2.10. The van der Waals surface area contributed by atoms with Crippen molar-refractivity contribution in [2.45, 2.75) is 38.0 Å². The SMILES string of the molecule is CNCCc1nc(C2CCCC2)sc1Br. The average Bonchev–Trinajstić information content (AvgIpc) is 2.83. The molecule has 0 saturated heterocycles. The molecule has 0 aromatic carbocycles. The molecule has 0 bridgehead atoms. The van der Waals surface area contributed by atoms with E-state index in [1.54, 1.807) is 0 Å². The summed E-state index contributed by atoms with van der Waals surface area (Å²) in [6.45, 7) is 1.01. The Bertz CT molecular complexity index is 318. The minimum atomic E-state index is 0.745. The first kappa shape index (κ1) is 11.6. The molecule has 15 heavy (non-hydrogen) atoms. The first-order valence-electron chi connectivity index (χ1n) is 5.61. The highest BCUT2D eigenvalue weighted by atomic mass is 79.9. The van der Waals surface area contributed by atoms with Crippen LogP contribution in [0.15, 0.2) is 3.79 Å². The molecule has 1 N–H and O–H groups in total. The van der Waals surface area contributed by atoms with E-state index in [2.05, 4.69) is 21.2 Å². The molecule has 2 rings (SSSR count). The maximum Gasteiger partial charge on any atom is 0.0971 e. The molecular weight excluding hydrogens is 272 g/mol. The molecule has 1 aliphatic carbocycles. The predicted molar refractivity (Wildman–Crippen MR) is 68.7 cm³/mol. The third kappa shape index (κ3) is 2.80. The van der Waals surface area contributed by atoms with Crippen molar-refractivity contribution in [1.82, 2.24) is 10.3 Å². The van der Waals surface area contributed by atoms with E-state index in [0.717, 1.165) is 18.9 Å². The van der Waals surface area contributed by atoms with Crippen LogP contribution in [-0.2, 0) is 6.42 Å². The summed E-state index contributed by atoms with van der Waals surface area (Å²) in [6, 6.07) is 0. The summed E-state index contributed by atoms with van der Waals surface area (Å²) in [5, 5.41) is 4.52. The summed E-state index contributed by atoms with van der Waals surface area (Å²) in [6.07, 6.45) is 6.47. The Kier molecular flexibility index (Phi) is 4.17. The van der Waals surface area contributed by atoms with Crippen molar-refractivity contribution >= 4 is 27.3 Å². The average molecular weight is 289 g/mol. The van der Waals surface area contributed by atoms with E-state index in [1.165, 1.54) is 40.2 Å². The topological polar surface area (TPSA) is 24.9 Å². The zero-order valence-electron chi connectivity index (χ0n) is 9.05. The van der Waals surface area contributed by atoms with Gasteiger partial charge < -0.3 is 5.32 Å². The highest BCUT2D eigenvalue weighted by Crippen LogP contribution is 2.38. The zero-order chi connectivity index (χ0) is 10.7. The molecule has 0 unspecified atom stereocenters. The van der Waals surface area contributed by atoms with E-state index in [4.69, 9.17) is 4.98 Å². The van der Waals surface area contributed by atoms with Crippen LogP contribution in [0.2, 0.25) is 0 Å². The first-order chi connectivity index (χ1) is 7.31. The predicted octanol–water partition coefficient (Wildman–Crippen LogP) is 3.33. The summed E-state index contributed by atoms with van der Waals surface area (Å²) >= 11 is 5.46. The molecule has 4 heteroatoms. The third-order valence-electron chi connectivity index (χ3n) is 2.98. The number of hydrogen-bond acceptors (Lipinski definition) is 3. The standard InChI is InChI=1S/C11H17BrN2S/c1-13-7-6-9-10(12)15-11(14-9)8-4-2-3-5-8/h8,13H,2-7H2,1H3. The minimum absolute atomic E-state index is 0.745. The van der Waals surface area contributed by atoms with Gasteiger partial charge in [0.25, 0.3) is 0 Å². The zero-order valence-corrected chi connectivity index (χ0v) is 11.5. The van der Waals surface area contributed by atoms with Crippen LogP contribution in [0.5, 0.6) is 0 Å². The van der Waals surface area contributed by atoms with Crippen LogP contribution < -0.4 is 5.32 Å². The number of hydrogen-bond donors (Lipinski definition) is 1. The molecule has 0 aliphatic heterocycles. The Morgan fingerprint density at radius 3 is 2.87 bits per heavy atom. The fraction of sp³-hybridized carbons (Fsp3) is 0.727. The number of aromatic nitrogens is 1. The number of halogens is 1. The van der Waals surface area contributed by atoms with Crippen molar-refractivity contribution in [3.63, 3.8) is 0 Å². The molecule has 0 amide bonds. The van der Waals surface area contributed by atoms with E-state index in [0.29, 0.717) is 0 Å². The normalized spacial score (nSPS) is 17.5. The second-order valence-corrected chi connectivity index (χ2v) is 6.46. The Labute approximate surface area is 104 Å². The molecule has 1 fully saturated rings. The molecule has 2 nitrogen and oxygen atoms in total. The van der Waals surface area contributed by atoms with Crippen molar-refractivity contribution in [1.29, 1.82) is 0 Å². The minimum Gasteiger partial charge on any atom is -0.319 e. The van der Waals surface area contributed by atoms with Crippen LogP contribution in [-0.4, -0.2) is 18.6 Å². The molecule has 1 aromatic heterocycles. The van der Waals surface area contributed by atoms with Crippen molar-refractivity contribution in [3.8, 4) is 0 Å². The van der Waals surface area contributed by atoms with E-state index < -0.39 is 0 Å². The smallest absolute Gasteiger partial charge is 0.0971 e. The summed E-state index contributed by atoms with van der Waals surface area (Å²) < 4.78 is 1.24. The molecule has 1 aromatic rings. The third-order valence-corrected chi connectivity index (χ3v) is 4.97. The number of rotatable bonds is 4. The first-order valence-corrected chi connectivity index (χ1v) is 7.22. The highest BCUT2D eigenvalue weighted by Gasteiger charge is 2.21. The van der Waals surface area contributed by atoms with Crippen molar-refractivity contribution in [2.24, 2.45) is 0 Å². The Balaban J connectivity index is 2.06. The van der Waals surface area contributed by atoms with Crippen molar-refractivity contribution in [2.75, 3.05) is 13.6 Å². The molecular formula is C11H17BrN2S. The van der Waals surface area contributed by atoms with Gasteiger partial charge in [0.1, 0.15) is 0 Å². The van der Waals surface area contributed by atoms with E-state index in [1.807, 2.05) is 18.4 Å². The highest BCUT2D eigenvalue weighted by molar-refractivity contribution is 9.11. The maximum atomic E-state index is 4.76. The molecule has 1 aliphatic rings. The molecule has 1 saturated carbocycles. The summed E-state index contributed by atoms with van der Waals surface area (Å²) in [7, 11) is 1.98. The van der Waals surface area contributed by atoms with Gasteiger partial charge >= 0.3 is 0 Å². The van der Waals surface area contributed by atoms with Gasteiger partial charge in [0, 0.05) is 18.9 Å². The van der Waals surface area contributed by atoms with Gasteiger partial charge in [0.15, 0.2) is 0 Å². The van der Waals surface area contributed by atoms with Gasteiger partial charge in [-0.2, -0.15) is 0 Å². The van der Waals surface area contributed by atoms with Crippen LogP contribution in [0.1, 0.15) is 42.3 Å². The summed E-state index contributed by atoms with van der Waals surface area (Å²) in [5.74, 6) is 0.745. The summed E-state index contributed by atoms with van der Waals surface area (Å²) in [5.41, 5.74) is 1.23. The number of likely N-dealkylation sites (N-methyl/N-ethyl adjacent to an activating group) is 1. The Morgan fingerprint density at radius 2 is 2.20 bits per heavy atom. The fourth-order valence-corrected chi connectivity index (χ4v) is 3.89. The number of thiazole rings is 1. The molecule has 0 atom stereocenters. The van der Waals surface area contributed by atoms with Crippen LogP contribution in [0, 0.1) is 0 Å². The molecule has 1 heterocycles. The van der Waals surface area contributed by atoms with Gasteiger partial charge in [-0.15, -0.1) is 11.3 Å². The van der Waals surface area contributed by atoms with Gasteiger partial charge in [-0.25, -0.2) is 4.98 Å². The van der Waals surface area contributed by atoms with Crippen LogP contribution in [0.3, 0.4) is 0 Å². The number of nitrogens with one attached hydrogen (secondary N) is 1. The lowest BCUT2D eigenvalue weighted by atomic mass is 10.1. The lowest BCUT2D eigenvalue weighted by Gasteiger charge is -2.02. The van der Waals surface area contributed by atoms with Gasteiger partial charge in [0.2, 0.25) is 0 Å². The van der Waals surface area contributed by atoms with Gasteiger partial charge in [-0.3, -0.25) is 0 Å². The molecule has 84 valence electrons.